The van der Waals surface area contributed by atoms with Gasteiger partial charge in [-0.2, -0.15) is 0 Å². The second-order valence-electron chi connectivity index (χ2n) is 5.79. The maximum Gasteiger partial charge on any atom is 0.264 e. The second-order valence-corrected chi connectivity index (χ2v) is 7.88. The quantitative estimate of drug-likeness (QED) is 0.623. The van der Waals surface area contributed by atoms with Gasteiger partial charge in [0.15, 0.2) is 0 Å². The highest BCUT2D eigenvalue weighted by atomic mass is 35.5. The molecule has 0 aliphatic carbocycles. The lowest BCUT2D eigenvalue weighted by Crippen LogP contribution is -2.18. The standard InChI is InChI=1S/C20H17ClN2O4S/c1-27-17-10-8-16(9-11-17)23-28(25,26)19-13-15(21)7-12-18(19)22-20(24)14-5-3-2-4-6-14/h2-13,23H,1H3,(H,22,24). The second kappa shape index (κ2) is 8.33. The van der Waals surface area contributed by atoms with Crippen LogP contribution < -0.4 is 14.8 Å². The zero-order valence-electron chi connectivity index (χ0n) is 14.8. The van der Waals surface area contributed by atoms with Gasteiger partial charge in [0.25, 0.3) is 15.9 Å². The number of ether oxygens (including phenoxy) is 1. The lowest BCUT2D eigenvalue weighted by atomic mass is 10.2. The van der Waals surface area contributed by atoms with E-state index in [1.807, 2.05) is 0 Å². The maximum absolute atomic E-state index is 12.9. The number of carbonyl (C=O) groups excluding carboxylic acids is 1. The Hall–Kier alpha value is -3.03. The van der Waals surface area contributed by atoms with Crippen LogP contribution in [0.25, 0.3) is 0 Å². The van der Waals surface area contributed by atoms with Crippen LogP contribution in [0.15, 0.2) is 77.7 Å². The van der Waals surface area contributed by atoms with Gasteiger partial charge in [-0.25, -0.2) is 8.42 Å². The zero-order valence-corrected chi connectivity index (χ0v) is 16.4. The number of carbonyl (C=O) groups is 1. The number of hydrogen-bond donors (Lipinski definition) is 2. The van der Waals surface area contributed by atoms with Gasteiger partial charge in [-0.3, -0.25) is 9.52 Å². The summed E-state index contributed by atoms with van der Waals surface area (Å²) in [5.74, 6) is 0.172. The van der Waals surface area contributed by atoms with E-state index in [4.69, 9.17) is 16.3 Å². The summed E-state index contributed by atoms with van der Waals surface area (Å²) in [6, 6.07) is 19.2. The number of hydrogen-bond acceptors (Lipinski definition) is 4. The first kappa shape index (κ1) is 19.7. The van der Waals surface area contributed by atoms with Gasteiger partial charge in [-0.15, -0.1) is 0 Å². The molecule has 0 aliphatic rings. The molecule has 1 amide bonds. The van der Waals surface area contributed by atoms with E-state index >= 15 is 0 Å². The van der Waals surface area contributed by atoms with Gasteiger partial charge >= 0.3 is 0 Å². The molecule has 0 unspecified atom stereocenters. The Morgan fingerprint density at radius 3 is 2.29 bits per heavy atom. The highest BCUT2D eigenvalue weighted by Crippen LogP contribution is 2.28. The number of methoxy groups -OCH3 is 1. The van der Waals surface area contributed by atoms with Crippen molar-refractivity contribution in [2.24, 2.45) is 0 Å². The summed E-state index contributed by atoms with van der Waals surface area (Å²) in [6.07, 6.45) is 0. The molecule has 0 heterocycles. The van der Waals surface area contributed by atoms with E-state index in [0.717, 1.165) is 0 Å². The minimum atomic E-state index is -4.00. The molecule has 0 radical (unpaired) electrons. The fourth-order valence-electron chi connectivity index (χ4n) is 2.47. The molecule has 0 fully saturated rings. The summed E-state index contributed by atoms with van der Waals surface area (Å²) in [4.78, 5) is 12.3. The fourth-order valence-corrected chi connectivity index (χ4v) is 3.96. The minimum absolute atomic E-state index is 0.124. The van der Waals surface area contributed by atoms with E-state index in [1.54, 1.807) is 54.6 Å². The minimum Gasteiger partial charge on any atom is -0.497 e. The van der Waals surface area contributed by atoms with Crippen molar-refractivity contribution in [2.45, 2.75) is 4.90 Å². The first-order chi connectivity index (χ1) is 13.4. The van der Waals surface area contributed by atoms with Crippen molar-refractivity contribution in [1.82, 2.24) is 0 Å². The molecule has 2 N–H and O–H groups in total. The number of sulfonamides is 1. The van der Waals surface area contributed by atoms with Crippen LogP contribution in [-0.4, -0.2) is 21.4 Å². The lowest BCUT2D eigenvalue weighted by Gasteiger charge is -2.14. The van der Waals surface area contributed by atoms with Gasteiger partial charge in [0.2, 0.25) is 0 Å². The third-order valence-electron chi connectivity index (χ3n) is 3.86. The Labute approximate surface area is 168 Å². The van der Waals surface area contributed by atoms with Gasteiger partial charge in [-0.1, -0.05) is 29.8 Å². The largest absolute Gasteiger partial charge is 0.497 e. The molecule has 0 aromatic heterocycles. The van der Waals surface area contributed by atoms with Crippen molar-refractivity contribution in [1.29, 1.82) is 0 Å². The molecule has 0 spiro atoms. The number of rotatable bonds is 6. The van der Waals surface area contributed by atoms with Gasteiger partial charge < -0.3 is 10.1 Å². The topological polar surface area (TPSA) is 84.5 Å². The SMILES string of the molecule is COc1ccc(NS(=O)(=O)c2cc(Cl)ccc2NC(=O)c2ccccc2)cc1. The van der Waals surface area contributed by atoms with Crippen molar-refractivity contribution < 1.29 is 17.9 Å². The highest BCUT2D eigenvalue weighted by molar-refractivity contribution is 7.92. The van der Waals surface area contributed by atoms with Crippen LogP contribution in [-0.2, 0) is 10.0 Å². The summed E-state index contributed by atoms with van der Waals surface area (Å²) >= 11 is 6.00. The average molecular weight is 417 g/mol. The lowest BCUT2D eigenvalue weighted by molar-refractivity contribution is 0.102. The summed E-state index contributed by atoms with van der Waals surface area (Å²) in [7, 11) is -2.48. The fraction of sp³-hybridized carbons (Fsp3) is 0.0500. The van der Waals surface area contributed by atoms with Gasteiger partial charge in [0.05, 0.1) is 12.8 Å². The Morgan fingerprint density at radius 1 is 0.964 bits per heavy atom. The van der Waals surface area contributed by atoms with Crippen LogP contribution >= 0.6 is 11.6 Å². The maximum atomic E-state index is 12.9. The molecule has 28 heavy (non-hydrogen) atoms. The number of amides is 1. The van der Waals surface area contributed by atoms with E-state index in [2.05, 4.69) is 10.0 Å². The molecule has 3 aromatic rings. The predicted octanol–water partition coefficient (Wildman–Crippen LogP) is 4.40. The van der Waals surface area contributed by atoms with E-state index in [1.165, 1.54) is 25.3 Å². The Balaban J connectivity index is 1.91. The first-order valence-corrected chi connectivity index (χ1v) is 10.1. The number of anilines is 2. The van der Waals surface area contributed by atoms with Crippen LogP contribution in [0.2, 0.25) is 5.02 Å². The molecule has 3 aromatic carbocycles. The summed E-state index contributed by atoms with van der Waals surface area (Å²) < 4.78 is 33.3. The molecule has 6 nitrogen and oxygen atoms in total. The molecule has 0 saturated heterocycles. The van der Waals surface area contributed by atoms with Gasteiger partial charge in [0.1, 0.15) is 10.6 Å². The Bertz CT molecular complexity index is 1080. The van der Waals surface area contributed by atoms with Crippen LogP contribution in [0.1, 0.15) is 10.4 Å². The molecule has 0 saturated carbocycles. The van der Waals surface area contributed by atoms with E-state index in [9.17, 15) is 13.2 Å². The summed E-state index contributed by atoms with van der Waals surface area (Å²) in [6.45, 7) is 0. The first-order valence-electron chi connectivity index (χ1n) is 8.22. The number of benzene rings is 3. The normalized spacial score (nSPS) is 10.9. The van der Waals surface area contributed by atoms with Crippen LogP contribution in [0.5, 0.6) is 5.75 Å². The smallest absolute Gasteiger partial charge is 0.264 e. The molecule has 144 valence electrons. The summed E-state index contributed by atoms with van der Waals surface area (Å²) in [5.41, 5.74) is 0.879. The van der Waals surface area contributed by atoms with Crippen molar-refractivity contribution >= 4 is 38.9 Å². The van der Waals surface area contributed by atoms with E-state index in [-0.39, 0.29) is 15.6 Å². The van der Waals surface area contributed by atoms with Crippen molar-refractivity contribution in [3.63, 3.8) is 0 Å². The Morgan fingerprint density at radius 2 is 1.64 bits per heavy atom. The van der Waals surface area contributed by atoms with Crippen LogP contribution in [0.3, 0.4) is 0 Å². The molecule has 0 bridgehead atoms. The van der Waals surface area contributed by atoms with Crippen LogP contribution in [0, 0.1) is 0 Å². The number of nitrogens with one attached hydrogen (secondary N) is 2. The highest BCUT2D eigenvalue weighted by Gasteiger charge is 2.21. The van der Waals surface area contributed by atoms with Crippen molar-refractivity contribution in [3.05, 3.63) is 83.4 Å². The molecule has 3 rings (SSSR count). The van der Waals surface area contributed by atoms with E-state index in [0.29, 0.717) is 17.0 Å². The van der Waals surface area contributed by atoms with Crippen molar-refractivity contribution in [2.75, 3.05) is 17.1 Å². The van der Waals surface area contributed by atoms with Crippen LogP contribution in [0.4, 0.5) is 11.4 Å². The third kappa shape index (κ3) is 4.62. The third-order valence-corrected chi connectivity index (χ3v) is 5.52. The zero-order chi connectivity index (χ0) is 20.1. The summed E-state index contributed by atoms with van der Waals surface area (Å²) in [5, 5.41) is 2.86. The Kier molecular flexibility index (Phi) is 5.87. The van der Waals surface area contributed by atoms with Gasteiger partial charge in [-0.05, 0) is 54.6 Å². The molecule has 0 atom stereocenters. The molecule has 0 aliphatic heterocycles. The van der Waals surface area contributed by atoms with E-state index < -0.39 is 15.9 Å². The predicted molar refractivity (Wildman–Crippen MR) is 110 cm³/mol. The molecule has 8 heteroatoms. The monoisotopic (exact) mass is 416 g/mol. The molecular weight excluding hydrogens is 400 g/mol. The molecular formula is C20H17ClN2O4S. The van der Waals surface area contributed by atoms with Crippen molar-refractivity contribution in [3.8, 4) is 5.75 Å². The average Bonchev–Trinajstić information content (AvgIpc) is 2.70. The number of halogens is 1. The van der Waals surface area contributed by atoms with Gasteiger partial charge in [0, 0.05) is 16.3 Å².